The number of aliphatic hydroxyl groups is 1. The molecule has 27 heavy (non-hydrogen) atoms. The lowest BCUT2D eigenvalue weighted by Crippen LogP contribution is -1.97. The molecule has 0 amide bonds. The van der Waals surface area contributed by atoms with Crippen LogP contribution in [0.4, 0.5) is 0 Å². The maximum absolute atomic E-state index is 9.98. The molecule has 2 aromatic carbocycles. The van der Waals surface area contributed by atoms with Crippen LogP contribution in [0.3, 0.4) is 0 Å². The molecule has 0 unspecified atom stereocenters. The number of ether oxygens (including phenoxy) is 2. The van der Waals surface area contributed by atoms with Crippen molar-refractivity contribution in [1.29, 1.82) is 0 Å². The second-order valence-electron chi connectivity index (χ2n) is 6.54. The fraction of sp³-hybridized carbons (Fsp3) is 0.250. The Balaban J connectivity index is 1.56. The molecular formula is C24H26O3. The predicted molar refractivity (Wildman–Crippen MR) is 110 cm³/mol. The van der Waals surface area contributed by atoms with Gasteiger partial charge in [-0.1, -0.05) is 62.6 Å². The first-order valence-electron chi connectivity index (χ1n) is 9.55. The van der Waals surface area contributed by atoms with Crippen LogP contribution < -0.4 is 9.47 Å². The summed E-state index contributed by atoms with van der Waals surface area (Å²) in [6.45, 7) is 2.98. The molecule has 0 aliphatic heterocycles. The first-order valence-corrected chi connectivity index (χ1v) is 9.55. The van der Waals surface area contributed by atoms with Crippen LogP contribution in [0.1, 0.15) is 32.6 Å². The topological polar surface area (TPSA) is 38.7 Å². The van der Waals surface area contributed by atoms with Gasteiger partial charge in [-0.15, -0.1) is 0 Å². The van der Waals surface area contributed by atoms with Crippen molar-refractivity contribution in [1.82, 2.24) is 0 Å². The van der Waals surface area contributed by atoms with Gasteiger partial charge in [-0.25, -0.2) is 0 Å². The molecule has 0 atom stereocenters. The van der Waals surface area contributed by atoms with Crippen molar-refractivity contribution in [3.63, 3.8) is 0 Å². The SMILES string of the molecule is CCCCCCOc1ccc(-c2ccc(OC(O)=C3C=CC=C3)cc2)cc1. The van der Waals surface area contributed by atoms with Crippen LogP contribution in [-0.4, -0.2) is 11.7 Å². The molecule has 0 spiro atoms. The lowest BCUT2D eigenvalue weighted by atomic mass is 10.1. The van der Waals surface area contributed by atoms with Crippen molar-refractivity contribution in [3.05, 3.63) is 84.4 Å². The Morgan fingerprint density at radius 3 is 1.96 bits per heavy atom. The van der Waals surface area contributed by atoms with Crippen molar-refractivity contribution < 1.29 is 14.6 Å². The summed E-state index contributed by atoms with van der Waals surface area (Å²) in [4.78, 5) is 0. The minimum absolute atomic E-state index is 0.0896. The predicted octanol–water partition coefficient (Wildman–Crippen LogP) is 6.59. The quantitative estimate of drug-likeness (QED) is 0.404. The van der Waals surface area contributed by atoms with Gasteiger partial charge in [0.25, 0.3) is 5.95 Å². The van der Waals surface area contributed by atoms with Gasteiger partial charge in [0.2, 0.25) is 0 Å². The van der Waals surface area contributed by atoms with Gasteiger partial charge in [-0.3, -0.25) is 0 Å². The molecule has 1 N–H and O–H groups in total. The average Bonchev–Trinajstić information content (AvgIpc) is 3.24. The minimum atomic E-state index is -0.0896. The van der Waals surface area contributed by atoms with E-state index in [-0.39, 0.29) is 5.95 Å². The van der Waals surface area contributed by atoms with Crippen LogP contribution in [0.25, 0.3) is 11.1 Å². The van der Waals surface area contributed by atoms with E-state index in [0.29, 0.717) is 11.3 Å². The second-order valence-corrected chi connectivity index (χ2v) is 6.54. The van der Waals surface area contributed by atoms with Crippen LogP contribution >= 0.6 is 0 Å². The summed E-state index contributed by atoms with van der Waals surface area (Å²) in [5.74, 6) is 1.42. The van der Waals surface area contributed by atoms with Gasteiger partial charge in [0.05, 0.1) is 12.2 Å². The van der Waals surface area contributed by atoms with E-state index in [0.717, 1.165) is 29.9 Å². The van der Waals surface area contributed by atoms with E-state index >= 15 is 0 Å². The summed E-state index contributed by atoms with van der Waals surface area (Å²) >= 11 is 0. The number of hydrogen-bond donors (Lipinski definition) is 1. The Bertz CT molecular complexity index is 798. The molecule has 0 saturated heterocycles. The normalized spacial score (nSPS) is 12.4. The Hall–Kier alpha value is -2.94. The maximum Gasteiger partial charge on any atom is 0.289 e. The summed E-state index contributed by atoms with van der Waals surface area (Å²) in [5.41, 5.74) is 2.87. The summed E-state index contributed by atoms with van der Waals surface area (Å²) in [5, 5.41) is 9.98. The third kappa shape index (κ3) is 5.52. The number of benzene rings is 2. The first-order chi connectivity index (χ1) is 13.3. The van der Waals surface area contributed by atoms with E-state index < -0.39 is 0 Å². The van der Waals surface area contributed by atoms with E-state index in [1.54, 1.807) is 12.2 Å². The van der Waals surface area contributed by atoms with Gasteiger partial charge in [-0.05, 0) is 54.0 Å². The Kier molecular flexibility index (Phi) is 6.75. The first kappa shape index (κ1) is 18.8. The Morgan fingerprint density at radius 1 is 0.778 bits per heavy atom. The fourth-order valence-corrected chi connectivity index (χ4v) is 2.87. The van der Waals surface area contributed by atoms with Crippen LogP contribution in [0.2, 0.25) is 0 Å². The highest BCUT2D eigenvalue weighted by Crippen LogP contribution is 2.26. The van der Waals surface area contributed by atoms with Gasteiger partial charge in [0.15, 0.2) is 0 Å². The molecule has 1 aliphatic carbocycles. The monoisotopic (exact) mass is 362 g/mol. The number of aliphatic hydroxyl groups excluding tert-OH is 1. The zero-order valence-electron chi connectivity index (χ0n) is 15.7. The lowest BCUT2D eigenvalue weighted by molar-refractivity contribution is 0.206. The van der Waals surface area contributed by atoms with Crippen molar-refractivity contribution in [2.45, 2.75) is 32.6 Å². The van der Waals surface area contributed by atoms with Gasteiger partial charge >= 0.3 is 0 Å². The fourth-order valence-electron chi connectivity index (χ4n) is 2.87. The smallest absolute Gasteiger partial charge is 0.289 e. The van der Waals surface area contributed by atoms with Crippen LogP contribution in [-0.2, 0) is 0 Å². The van der Waals surface area contributed by atoms with E-state index in [4.69, 9.17) is 9.47 Å². The molecule has 1 aliphatic rings. The second kappa shape index (κ2) is 9.67. The summed E-state index contributed by atoms with van der Waals surface area (Å²) < 4.78 is 11.3. The summed E-state index contributed by atoms with van der Waals surface area (Å²) in [6, 6.07) is 15.8. The number of allylic oxidation sites excluding steroid dienone is 5. The highest BCUT2D eigenvalue weighted by Gasteiger charge is 2.06. The Labute approximate surface area is 161 Å². The van der Waals surface area contributed by atoms with E-state index in [1.807, 2.05) is 48.6 Å². The van der Waals surface area contributed by atoms with Gasteiger partial charge < -0.3 is 14.6 Å². The number of unbranched alkanes of at least 4 members (excludes halogenated alkanes) is 3. The minimum Gasteiger partial charge on any atom is -0.494 e. The third-order valence-electron chi connectivity index (χ3n) is 4.43. The van der Waals surface area contributed by atoms with Crippen molar-refractivity contribution in [2.75, 3.05) is 6.61 Å². The van der Waals surface area contributed by atoms with E-state index in [1.165, 1.54) is 19.3 Å². The zero-order valence-corrected chi connectivity index (χ0v) is 15.7. The molecule has 3 heteroatoms. The molecular weight excluding hydrogens is 336 g/mol. The largest absolute Gasteiger partial charge is 0.494 e. The third-order valence-corrected chi connectivity index (χ3v) is 4.43. The standard InChI is InChI=1S/C24H26O3/c1-2-3-4-7-18-26-22-14-10-19(11-15-22)20-12-16-23(17-13-20)27-24(25)21-8-5-6-9-21/h5-6,8-17,25H,2-4,7,18H2,1H3. The molecule has 0 bridgehead atoms. The van der Waals surface area contributed by atoms with Gasteiger partial charge in [-0.2, -0.15) is 0 Å². The molecule has 0 aromatic heterocycles. The average molecular weight is 362 g/mol. The lowest BCUT2D eigenvalue weighted by Gasteiger charge is -2.09. The molecule has 2 aromatic rings. The Morgan fingerprint density at radius 2 is 1.37 bits per heavy atom. The van der Waals surface area contributed by atoms with E-state index in [9.17, 15) is 5.11 Å². The molecule has 0 radical (unpaired) electrons. The highest BCUT2D eigenvalue weighted by molar-refractivity contribution is 5.65. The van der Waals surface area contributed by atoms with Crippen molar-refractivity contribution >= 4 is 0 Å². The highest BCUT2D eigenvalue weighted by atomic mass is 16.6. The van der Waals surface area contributed by atoms with Crippen LogP contribution in [0.5, 0.6) is 11.5 Å². The summed E-state index contributed by atoms with van der Waals surface area (Å²) in [7, 11) is 0. The summed E-state index contributed by atoms with van der Waals surface area (Å²) in [6.07, 6.45) is 12.2. The van der Waals surface area contributed by atoms with Gasteiger partial charge in [0.1, 0.15) is 11.5 Å². The number of rotatable bonds is 9. The molecule has 0 saturated carbocycles. The van der Waals surface area contributed by atoms with Crippen molar-refractivity contribution in [3.8, 4) is 22.6 Å². The molecule has 140 valence electrons. The van der Waals surface area contributed by atoms with Gasteiger partial charge in [0, 0.05) is 0 Å². The molecule has 3 nitrogen and oxygen atoms in total. The number of hydrogen-bond acceptors (Lipinski definition) is 3. The molecule has 0 fully saturated rings. The maximum atomic E-state index is 9.98. The molecule has 3 rings (SSSR count). The van der Waals surface area contributed by atoms with Crippen LogP contribution in [0, 0.1) is 0 Å². The molecule has 0 heterocycles. The van der Waals surface area contributed by atoms with Crippen molar-refractivity contribution in [2.24, 2.45) is 0 Å². The van der Waals surface area contributed by atoms with Crippen LogP contribution in [0.15, 0.2) is 84.4 Å². The zero-order chi connectivity index (χ0) is 18.9. The van der Waals surface area contributed by atoms with E-state index in [2.05, 4.69) is 19.1 Å².